The predicted molar refractivity (Wildman–Crippen MR) is 74.9 cm³/mol. The van der Waals surface area contributed by atoms with Gasteiger partial charge in [0.25, 0.3) is 0 Å². The SMILES string of the molecule is CCOCCCNC(C)c1c(C)nn(CC)c1C. The Bertz CT molecular complexity index is 360. The summed E-state index contributed by atoms with van der Waals surface area (Å²) >= 11 is 0. The fraction of sp³-hybridized carbons (Fsp3) is 0.786. The third-order valence-electron chi connectivity index (χ3n) is 3.29. The third kappa shape index (κ3) is 3.82. The topological polar surface area (TPSA) is 39.1 Å². The maximum atomic E-state index is 5.33. The van der Waals surface area contributed by atoms with Crippen LogP contribution < -0.4 is 5.32 Å². The molecular weight excluding hydrogens is 226 g/mol. The van der Waals surface area contributed by atoms with Gasteiger partial charge < -0.3 is 10.1 Å². The highest BCUT2D eigenvalue weighted by atomic mass is 16.5. The first-order valence-corrected chi connectivity index (χ1v) is 6.96. The van der Waals surface area contributed by atoms with Gasteiger partial charge in [-0.1, -0.05) is 0 Å². The smallest absolute Gasteiger partial charge is 0.0644 e. The zero-order valence-electron chi connectivity index (χ0n) is 12.4. The molecule has 18 heavy (non-hydrogen) atoms. The van der Waals surface area contributed by atoms with Gasteiger partial charge in [0.15, 0.2) is 0 Å². The van der Waals surface area contributed by atoms with Crippen LogP contribution in [0.1, 0.15) is 50.2 Å². The highest BCUT2D eigenvalue weighted by Gasteiger charge is 2.16. The van der Waals surface area contributed by atoms with Crippen LogP contribution in [0.5, 0.6) is 0 Å². The molecule has 0 bridgehead atoms. The van der Waals surface area contributed by atoms with Crippen LogP contribution in [0.25, 0.3) is 0 Å². The summed E-state index contributed by atoms with van der Waals surface area (Å²) in [5, 5.41) is 8.10. The summed E-state index contributed by atoms with van der Waals surface area (Å²) in [6.45, 7) is 14.2. The molecule has 1 rings (SSSR count). The molecule has 0 amide bonds. The lowest BCUT2D eigenvalue weighted by Crippen LogP contribution is -2.22. The maximum absolute atomic E-state index is 5.33. The molecule has 0 fully saturated rings. The summed E-state index contributed by atoms with van der Waals surface area (Å²) in [7, 11) is 0. The number of aryl methyl sites for hydroxylation is 2. The molecule has 4 nitrogen and oxygen atoms in total. The van der Waals surface area contributed by atoms with Gasteiger partial charge in [0.2, 0.25) is 0 Å². The van der Waals surface area contributed by atoms with Gasteiger partial charge in [0.05, 0.1) is 5.69 Å². The van der Waals surface area contributed by atoms with E-state index in [2.05, 4.69) is 42.8 Å². The van der Waals surface area contributed by atoms with E-state index in [0.29, 0.717) is 6.04 Å². The fourth-order valence-corrected chi connectivity index (χ4v) is 2.38. The molecule has 1 unspecified atom stereocenters. The van der Waals surface area contributed by atoms with Crippen molar-refractivity contribution in [3.05, 3.63) is 17.0 Å². The van der Waals surface area contributed by atoms with E-state index in [1.54, 1.807) is 0 Å². The van der Waals surface area contributed by atoms with E-state index >= 15 is 0 Å². The average Bonchev–Trinajstić information content (AvgIpc) is 2.63. The Hall–Kier alpha value is -0.870. The van der Waals surface area contributed by atoms with Gasteiger partial charge in [-0.3, -0.25) is 4.68 Å². The van der Waals surface area contributed by atoms with Crippen LogP contribution in [0.3, 0.4) is 0 Å². The minimum absolute atomic E-state index is 0.354. The van der Waals surface area contributed by atoms with E-state index < -0.39 is 0 Å². The zero-order valence-corrected chi connectivity index (χ0v) is 12.4. The van der Waals surface area contributed by atoms with Crippen LogP contribution >= 0.6 is 0 Å². The van der Waals surface area contributed by atoms with E-state index in [4.69, 9.17) is 4.74 Å². The fourth-order valence-electron chi connectivity index (χ4n) is 2.38. The van der Waals surface area contributed by atoms with Crippen molar-refractivity contribution in [2.45, 2.75) is 53.6 Å². The number of rotatable bonds is 8. The second-order valence-electron chi connectivity index (χ2n) is 4.63. The second kappa shape index (κ2) is 7.54. The van der Waals surface area contributed by atoms with Crippen LogP contribution in [-0.4, -0.2) is 29.5 Å². The molecule has 1 aromatic heterocycles. The summed E-state index contributed by atoms with van der Waals surface area (Å²) in [6.07, 6.45) is 1.05. The summed E-state index contributed by atoms with van der Waals surface area (Å²) in [6, 6.07) is 0.354. The molecule has 0 aliphatic rings. The first-order valence-electron chi connectivity index (χ1n) is 6.96. The maximum Gasteiger partial charge on any atom is 0.0644 e. The van der Waals surface area contributed by atoms with E-state index in [1.807, 2.05) is 6.92 Å². The lowest BCUT2D eigenvalue weighted by Gasteiger charge is -2.14. The number of hydrogen-bond donors (Lipinski definition) is 1. The van der Waals surface area contributed by atoms with Crippen molar-refractivity contribution in [3.63, 3.8) is 0 Å². The molecule has 0 aromatic carbocycles. The standard InChI is InChI=1S/C14H27N3O/c1-6-17-13(5)14(12(4)16-17)11(3)15-9-8-10-18-7-2/h11,15H,6-10H2,1-5H3. The molecule has 1 N–H and O–H groups in total. The minimum Gasteiger partial charge on any atom is -0.382 e. The molecule has 1 aromatic rings. The first-order chi connectivity index (χ1) is 8.61. The van der Waals surface area contributed by atoms with Gasteiger partial charge in [-0.25, -0.2) is 0 Å². The Kier molecular flexibility index (Phi) is 6.36. The van der Waals surface area contributed by atoms with Crippen LogP contribution in [0.2, 0.25) is 0 Å². The van der Waals surface area contributed by atoms with Crippen molar-refractivity contribution in [2.24, 2.45) is 0 Å². The van der Waals surface area contributed by atoms with Crippen molar-refractivity contribution in [2.75, 3.05) is 19.8 Å². The molecule has 0 spiro atoms. The number of hydrogen-bond acceptors (Lipinski definition) is 3. The summed E-state index contributed by atoms with van der Waals surface area (Å²) in [5.74, 6) is 0. The molecule has 1 heterocycles. The van der Waals surface area contributed by atoms with Gasteiger partial charge >= 0.3 is 0 Å². The summed E-state index contributed by atoms with van der Waals surface area (Å²) < 4.78 is 7.41. The quantitative estimate of drug-likeness (QED) is 0.724. The highest BCUT2D eigenvalue weighted by molar-refractivity contribution is 5.27. The second-order valence-corrected chi connectivity index (χ2v) is 4.63. The Labute approximate surface area is 111 Å². The molecule has 0 saturated carbocycles. The van der Waals surface area contributed by atoms with Gasteiger partial charge in [0, 0.05) is 37.1 Å². The summed E-state index contributed by atoms with van der Waals surface area (Å²) in [4.78, 5) is 0. The van der Waals surface area contributed by atoms with Crippen LogP contribution in [0.15, 0.2) is 0 Å². The zero-order chi connectivity index (χ0) is 13.5. The van der Waals surface area contributed by atoms with E-state index in [0.717, 1.165) is 38.4 Å². The number of nitrogens with zero attached hydrogens (tertiary/aromatic N) is 2. The summed E-state index contributed by atoms with van der Waals surface area (Å²) in [5.41, 5.74) is 3.76. The Balaban J connectivity index is 2.51. The first kappa shape index (κ1) is 15.2. The molecule has 0 saturated heterocycles. The normalized spacial score (nSPS) is 12.9. The number of nitrogens with one attached hydrogen (secondary N) is 1. The average molecular weight is 253 g/mol. The minimum atomic E-state index is 0.354. The molecule has 0 radical (unpaired) electrons. The Morgan fingerprint density at radius 3 is 2.61 bits per heavy atom. The Morgan fingerprint density at radius 1 is 1.33 bits per heavy atom. The van der Waals surface area contributed by atoms with Gasteiger partial charge in [0.1, 0.15) is 0 Å². The monoisotopic (exact) mass is 253 g/mol. The molecule has 1 atom stereocenters. The van der Waals surface area contributed by atoms with Crippen molar-refractivity contribution in [1.29, 1.82) is 0 Å². The van der Waals surface area contributed by atoms with Gasteiger partial charge in [-0.15, -0.1) is 0 Å². The molecule has 0 aliphatic carbocycles. The molecular formula is C14H27N3O. The van der Waals surface area contributed by atoms with Gasteiger partial charge in [-0.05, 0) is 47.6 Å². The van der Waals surface area contributed by atoms with Crippen molar-refractivity contribution in [3.8, 4) is 0 Å². The van der Waals surface area contributed by atoms with Crippen molar-refractivity contribution < 1.29 is 4.74 Å². The van der Waals surface area contributed by atoms with E-state index in [9.17, 15) is 0 Å². The molecule has 4 heteroatoms. The van der Waals surface area contributed by atoms with Crippen molar-refractivity contribution >= 4 is 0 Å². The lowest BCUT2D eigenvalue weighted by atomic mass is 10.1. The van der Waals surface area contributed by atoms with Crippen LogP contribution in [0.4, 0.5) is 0 Å². The lowest BCUT2D eigenvalue weighted by molar-refractivity contribution is 0.144. The number of aromatic nitrogens is 2. The van der Waals surface area contributed by atoms with Crippen molar-refractivity contribution in [1.82, 2.24) is 15.1 Å². The Morgan fingerprint density at radius 2 is 2.06 bits per heavy atom. The van der Waals surface area contributed by atoms with Gasteiger partial charge in [-0.2, -0.15) is 5.10 Å². The third-order valence-corrected chi connectivity index (χ3v) is 3.29. The van der Waals surface area contributed by atoms with Crippen LogP contribution in [0, 0.1) is 13.8 Å². The van der Waals surface area contributed by atoms with Crippen LogP contribution in [-0.2, 0) is 11.3 Å². The highest BCUT2D eigenvalue weighted by Crippen LogP contribution is 2.21. The molecule has 104 valence electrons. The van der Waals surface area contributed by atoms with E-state index in [-0.39, 0.29) is 0 Å². The van der Waals surface area contributed by atoms with E-state index in [1.165, 1.54) is 11.3 Å². The molecule has 0 aliphatic heterocycles. The predicted octanol–water partition coefficient (Wildman–Crippen LogP) is 2.60. The number of ether oxygens (including phenoxy) is 1. The largest absolute Gasteiger partial charge is 0.382 e.